The molecule has 0 aromatic carbocycles. The van der Waals surface area contributed by atoms with E-state index in [-0.39, 0.29) is 12.1 Å². The molecular weight excluding hydrogens is 218 g/mol. The van der Waals surface area contributed by atoms with E-state index in [1.165, 1.54) is 6.42 Å². The number of unbranched alkanes of at least 4 members (excludes halogenated alkanes) is 1. The number of carboxylic acid groups (broad SMARTS) is 1. The normalized spacial score (nSPS) is 22.6. The summed E-state index contributed by atoms with van der Waals surface area (Å²) in [4.78, 5) is 13.1. The highest BCUT2D eigenvalue weighted by Gasteiger charge is 2.25. The summed E-state index contributed by atoms with van der Waals surface area (Å²) < 4.78 is 5.65. The van der Waals surface area contributed by atoms with E-state index < -0.39 is 5.97 Å². The van der Waals surface area contributed by atoms with Gasteiger partial charge in [0, 0.05) is 13.2 Å². The Hall–Kier alpha value is -0.610. The zero-order valence-corrected chi connectivity index (χ0v) is 11.0. The van der Waals surface area contributed by atoms with Gasteiger partial charge in [-0.05, 0) is 32.7 Å². The summed E-state index contributed by atoms with van der Waals surface area (Å²) in [6, 6.07) is -0.361. The van der Waals surface area contributed by atoms with Crippen LogP contribution < -0.4 is 0 Å². The van der Waals surface area contributed by atoms with Crippen molar-refractivity contribution in [3.8, 4) is 0 Å². The summed E-state index contributed by atoms with van der Waals surface area (Å²) in [5, 5.41) is 9.22. The Kier molecular flexibility index (Phi) is 6.52. The molecule has 0 aromatic heterocycles. The number of nitrogens with zero attached hydrogens (tertiary/aromatic N) is 1. The van der Waals surface area contributed by atoms with Gasteiger partial charge in [-0.15, -0.1) is 0 Å². The molecule has 0 radical (unpaired) electrons. The predicted octanol–water partition coefficient (Wildman–Crippen LogP) is 2.13. The first-order chi connectivity index (χ1) is 8.15. The van der Waals surface area contributed by atoms with E-state index in [1.54, 1.807) is 0 Å². The molecule has 1 saturated heterocycles. The molecule has 4 heteroatoms. The van der Waals surface area contributed by atoms with Crippen molar-refractivity contribution in [2.24, 2.45) is 0 Å². The number of rotatable bonds is 7. The first-order valence-corrected chi connectivity index (χ1v) is 6.69. The van der Waals surface area contributed by atoms with Crippen LogP contribution in [0.25, 0.3) is 0 Å². The summed E-state index contributed by atoms with van der Waals surface area (Å²) in [6.45, 7) is 3.65. The lowest BCUT2D eigenvalue weighted by atomic mass is 10.1. The zero-order chi connectivity index (χ0) is 12.7. The highest BCUT2D eigenvalue weighted by Crippen LogP contribution is 2.16. The van der Waals surface area contributed by atoms with Crippen LogP contribution >= 0.6 is 0 Å². The standard InChI is InChI=1S/C13H25NO3/c1-3-4-8-12(13(15)16)14(2)10-11-7-5-6-9-17-11/h11-12H,3-10H2,1-2H3,(H,15,16). The van der Waals surface area contributed by atoms with Crippen LogP contribution in [0.15, 0.2) is 0 Å². The van der Waals surface area contributed by atoms with Gasteiger partial charge in [-0.25, -0.2) is 0 Å². The topological polar surface area (TPSA) is 49.8 Å². The van der Waals surface area contributed by atoms with Gasteiger partial charge >= 0.3 is 5.97 Å². The molecular formula is C13H25NO3. The van der Waals surface area contributed by atoms with Crippen molar-refractivity contribution in [2.75, 3.05) is 20.2 Å². The molecule has 4 nitrogen and oxygen atoms in total. The molecule has 0 amide bonds. The van der Waals surface area contributed by atoms with Gasteiger partial charge in [0.15, 0.2) is 0 Å². The van der Waals surface area contributed by atoms with E-state index in [2.05, 4.69) is 6.92 Å². The minimum Gasteiger partial charge on any atom is -0.480 e. The maximum Gasteiger partial charge on any atom is 0.320 e. The summed E-state index contributed by atoms with van der Waals surface area (Å²) in [7, 11) is 1.90. The molecule has 2 atom stereocenters. The van der Waals surface area contributed by atoms with Gasteiger partial charge in [0.2, 0.25) is 0 Å². The fraction of sp³-hybridized carbons (Fsp3) is 0.923. The molecule has 0 aliphatic carbocycles. The quantitative estimate of drug-likeness (QED) is 0.744. The van der Waals surface area contributed by atoms with Gasteiger partial charge < -0.3 is 9.84 Å². The molecule has 1 aliphatic heterocycles. The number of hydrogen-bond acceptors (Lipinski definition) is 3. The second kappa shape index (κ2) is 7.67. The van der Waals surface area contributed by atoms with Crippen LogP contribution in [-0.4, -0.2) is 48.3 Å². The Bertz CT molecular complexity index is 227. The van der Waals surface area contributed by atoms with Crippen molar-refractivity contribution in [3.05, 3.63) is 0 Å². The van der Waals surface area contributed by atoms with Crippen LogP contribution in [0.1, 0.15) is 45.4 Å². The minimum absolute atomic E-state index is 0.220. The average molecular weight is 243 g/mol. The SMILES string of the molecule is CCCCC(C(=O)O)N(C)CC1CCCCO1. The molecule has 17 heavy (non-hydrogen) atoms. The fourth-order valence-corrected chi connectivity index (χ4v) is 2.33. The van der Waals surface area contributed by atoms with Gasteiger partial charge in [0.1, 0.15) is 6.04 Å². The summed E-state index contributed by atoms with van der Waals surface area (Å²) >= 11 is 0. The van der Waals surface area contributed by atoms with E-state index in [0.29, 0.717) is 0 Å². The Balaban J connectivity index is 2.40. The second-order valence-electron chi connectivity index (χ2n) is 4.92. The monoisotopic (exact) mass is 243 g/mol. The van der Waals surface area contributed by atoms with Crippen LogP contribution in [0, 0.1) is 0 Å². The molecule has 2 unspecified atom stereocenters. The Morgan fingerprint density at radius 3 is 2.82 bits per heavy atom. The third kappa shape index (κ3) is 5.04. The average Bonchev–Trinajstić information content (AvgIpc) is 2.30. The first kappa shape index (κ1) is 14.5. The molecule has 1 heterocycles. The highest BCUT2D eigenvalue weighted by atomic mass is 16.5. The van der Waals surface area contributed by atoms with E-state index in [0.717, 1.165) is 45.3 Å². The zero-order valence-electron chi connectivity index (χ0n) is 11.0. The van der Waals surface area contributed by atoms with Gasteiger partial charge in [0.05, 0.1) is 6.10 Å². The van der Waals surface area contributed by atoms with Crippen molar-refractivity contribution in [2.45, 2.75) is 57.6 Å². The van der Waals surface area contributed by atoms with Crippen molar-refractivity contribution in [1.29, 1.82) is 0 Å². The van der Waals surface area contributed by atoms with E-state index >= 15 is 0 Å². The van der Waals surface area contributed by atoms with Crippen LogP contribution in [-0.2, 0) is 9.53 Å². The highest BCUT2D eigenvalue weighted by molar-refractivity contribution is 5.73. The van der Waals surface area contributed by atoms with Crippen molar-refractivity contribution in [1.82, 2.24) is 4.90 Å². The summed E-state index contributed by atoms with van der Waals surface area (Å²) in [6.07, 6.45) is 6.35. The Morgan fingerprint density at radius 1 is 1.53 bits per heavy atom. The lowest BCUT2D eigenvalue weighted by Crippen LogP contribution is -2.43. The maximum atomic E-state index is 11.2. The Labute approximate surface area is 104 Å². The molecule has 0 saturated carbocycles. The number of likely N-dealkylation sites (N-methyl/N-ethyl adjacent to an activating group) is 1. The van der Waals surface area contributed by atoms with E-state index in [4.69, 9.17) is 4.74 Å². The molecule has 1 aliphatic rings. The molecule has 1 N–H and O–H groups in total. The summed E-state index contributed by atoms with van der Waals surface area (Å²) in [5.74, 6) is -0.711. The third-order valence-electron chi connectivity index (χ3n) is 3.41. The van der Waals surface area contributed by atoms with Crippen molar-refractivity contribution >= 4 is 5.97 Å². The van der Waals surface area contributed by atoms with Crippen LogP contribution in [0.4, 0.5) is 0 Å². The first-order valence-electron chi connectivity index (χ1n) is 6.69. The third-order valence-corrected chi connectivity index (χ3v) is 3.41. The molecule has 0 spiro atoms. The second-order valence-corrected chi connectivity index (χ2v) is 4.92. The van der Waals surface area contributed by atoms with Gasteiger partial charge in [0.25, 0.3) is 0 Å². The number of carbonyl (C=O) groups is 1. The number of aliphatic carboxylic acids is 1. The van der Waals surface area contributed by atoms with Crippen molar-refractivity contribution in [3.63, 3.8) is 0 Å². The van der Waals surface area contributed by atoms with E-state index in [1.807, 2.05) is 11.9 Å². The molecule has 1 fully saturated rings. The predicted molar refractivity (Wildman–Crippen MR) is 67.2 cm³/mol. The van der Waals surface area contributed by atoms with Gasteiger partial charge in [-0.1, -0.05) is 19.8 Å². The maximum absolute atomic E-state index is 11.2. The smallest absolute Gasteiger partial charge is 0.320 e. The summed E-state index contributed by atoms with van der Waals surface area (Å²) in [5.41, 5.74) is 0. The van der Waals surface area contributed by atoms with E-state index in [9.17, 15) is 9.90 Å². The van der Waals surface area contributed by atoms with Gasteiger partial charge in [-0.3, -0.25) is 9.69 Å². The van der Waals surface area contributed by atoms with Crippen molar-refractivity contribution < 1.29 is 14.6 Å². The lowest BCUT2D eigenvalue weighted by molar-refractivity contribution is -0.144. The number of hydrogen-bond donors (Lipinski definition) is 1. The number of carboxylic acids is 1. The van der Waals surface area contributed by atoms with Crippen LogP contribution in [0.3, 0.4) is 0 Å². The molecule has 0 bridgehead atoms. The minimum atomic E-state index is -0.711. The molecule has 0 aromatic rings. The molecule has 100 valence electrons. The fourth-order valence-electron chi connectivity index (χ4n) is 2.33. The van der Waals surface area contributed by atoms with Crippen LogP contribution in [0.2, 0.25) is 0 Å². The lowest BCUT2D eigenvalue weighted by Gasteiger charge is -2.30. The van der Waals surface area contributed by atoms with Crippen LogP contribution in [0.5, 0.6) is 0 Å². The van der Waals surface area contributed by atoms with Gasteiger partial charge in [-0.2, -0.15) is 0 Å². The molecule has 1 rings (SSSR count). The largest absolute Gasteiger partial charge is 0.480 e. The Morgan fingerprint density at radius 2 is 2.29 bits per heavy atom. The number of ether oxygens (including phenoxy) is 1.